The van der Waals surface area contributed by atoms with Crippen molar-refractivity contribution in [3.05, 3.63) is 56.4 Å². The predicted octanol–water partition coefficient (Wildman–Crippen LogP) is 5.54. The first-order chi connectivity index (χ1) is 10.1. The third-order valence-electron chi connectivity index (χ3n) is 3.06. The van der Waals surface area contributed by atoms with Crippen LogP contribution in [0.1, 0.15) is 10.3 Å². The number of aliphatic hydroxyl groups excluding tert-OH is 1. The maximum absolute atomic E-state index is 10.9. The van der Waals surface area contributed by atoms with E-state index in [1.54, 1.807) is 30.0 Å². The minimum Gasteiger partial charge on any atom is -0.378 e. The molecule has 0 spiro atoms. The van der Waals surface area contributed by atoms with E-state index in [4.69, 9.17) is 23.2 Å². The molecule has 0 aliphatic carbocycles. The van der Waals surface area contributed by atoms with Gasteiger partial charge in [0.25, 0.3) is 0 Å². The first-order valence-corrected chi connectivity index (χ1v) is 9.98. The second-order valence-corrected chi connectivity index (χ2v) is 10.2. The lowest BCUT2D eigenvalue weighted by Gasteiger charge is -2.37. The number of aliphatic imine (C=N–C) groups is 1. The molecule has 0 saturated heterocycles. The maximum Gasteiger partial charge on any atom is 0.133 e. The summed E-state index contributed by atoms with van der Waals surface area (Å²) in [6.45, 7) is 0. The van der Waals surface area contributed by atoms with Crippen LogP contribution in [0.2, 0.25) is 10.0 Å². The molecule has 1 N–H and O–H groups in total. The van der Waals surface area contributed by atoms with Gasteiger partial charge in [0.2, 0.25) is 0 Å². The smallest absolute Gasteiger partial charge is 0.133 e. The standard InChI is InChI=1S/C13H9BrCl2N2OS2/c14-13-18-3-4-21(13,12(19)11-6-17-7-20-11)8-1-2-9(15)10(16)5-8/h1-7,12,19H. The summed E-state index contributed by atoms with van der Waals surface area (Å²) in [4.78, 5) is 10.0. The largest absolute Gasteiger partial charge is 0.378 e. The number of aliphatic hydroxyl groups is 1. The number of aromatic nitrogens is 1. The molecule has 21 heavy (non-hydrogen) atoms. The molecule has 1 aliphatic rings. The summed E-state index contributed by atoms with van der Waals surface area (Å²) in [6.07, 6.45) is 3.38. The molecule has 1 aliphatic heterocycles. The van der Waals surface area contributed by atoms with Crippen molar-refractivity contribution >= 4 is 64.4 Å². The van der Waals surface area contributed by atoms with Gasteiger partial charge in [-0.25, -0.2) is 4.99 Å². The summed E-state index contributed by atoms with van der Waals surface area (Å²) in [6, 6.07) is 5.40. The van der Waals surface area contributed by atoms with Crippen LogP contribution in [0.15, 0.2) is 51.4 Å². The van der Waals surface area contributed by atoms with Crippen LogP contribution in [0.3, 0.4) is 0 Å². The average molecular weight is 424 g/mol. The number of nitrogens with zero attached hydrogens (tertiary/aromatic N) is 2. The summed E-state index contributed by atoms with van der Waals surface area (Å²) in [5, 5.41) is 13.8. The zero-order valence-electron chi connectivity index (χ0n) is 10.4. The van der Waals surface area contributed by atoms with Gasteiger partial charge in [-0.05, 0) is 39.5 Å². The second-order valence-electron chi connectivity index (χ2n) is 4.21. The molecule has 2 atom stereocenters. The number of rotatable bonds is 3. The van der Waals surface area contributed by atoms with Crippen molar-refractivity contribution in [3.8, 4) is 0 Å². The normalized spacial score (nSPS) is 25.4. The molecule has 2 aromatic rings. The van der Waals surface area contributed by atoms with E-state index >= 15 is 0 Å². The minimum absolute atomic E-state index is 0.457. The van der Waals surface area contributed by atoms with Crippen LogP contribution in [-0.4, -0.2) is 14.0 Å². The molecule has 2 unspecified atom stereocenters. The molecule has 0 fully saturated rings. The molecule has 2 heterocycles. The van der Waals surface area contributed by atoms with E-state index in [0.717, 1.165) is 9.77 Å². The van der Waals surface area contributed by atoms with Gasteiger partial charge in [-0.15, -0.1) is 21.4 Å². The quantitative estimate of drug-likeness (QED) is 0.704. The third kappa shape index (κ3) is 2.58. The summed E-state index contributed by atoms with van der Waals surface area (Å²) >= 11 is 17.0. The van der Waals surface area contributed by atoms with Gasteiger partial charge in [0.05, 0.1) is 20.4 Å². The molecule has 0 bridgehead atoms. The van der Waals surface area contributed by atoms with E-state index in [9.17, 15) is 5.11 Å². The van der Waals surface area contributed by atoms with Gasteiger partial charge in [0.1, 0.15) is 9.39 Å². The lowest BCUT2D eigenvalue weighted by Crippen LogP contribution is -2.12. The van der Waals surface area contributed by atoms with Crippen LogP contribution in [0.4, 0.5) is 0 Å². The highest BCUT2D eigenvalue weighted by Gasteiger charge is 2.40. The molecule has 0 saturated carbocycles. The summed E-state index contributed by atoms with van der Waals surface area (Å²) in [5.41, 5.74) is 0.962. The van der Waals surface area contributed by atoms with Crippen molar-refractivity contribution in [3.63, 3.8) is 0 Å². The summed E-state index contributed by atoms with van der Waals surface area (Å²) in [5.74, 6) is 0. The lowest BCUT2D eigenvalue weighted by atomic mass is 10.4. The van der Waals surface area contributed by atoms with E-state index in [0.29, 0.717) is 14.0 Å². The number of hydrogen-bond acceptors (Lipinski definition) is 4. The Kier molecular flexibility index (Phi) is 4.45. The Labute approximate surface area is 145 Å². The first kappa shape index (κ1) is 15.5. The molecule has 0 radical (unpaired) electrons. The maximum atomic E-state index is 10.9. The van der Waals surface area contributed by atoms with E-state index in [2.05, 4.69) is 25.9 Å². The van der Waals surface area contributed by atoms with Gasteiger partial charge >= 0.3 is 0 Å². The van der Waals surface area contributed by atoms with Crippen molar-refractivity contribution in [2.75, 3.05) is 0 Å². The molecular formula is C13H9BrCl2N2OS2. The van der Waals surface area contributed by atoms with Crippen molar-refractivity contribution in [1.82, 2.24) is 4.98 Å². The highest BCUT2D eigenvalue weighted by molar-refractivity contribution is 9.23. The molecule has 110 valence electrons. The van der Waals surface area contributed by atoms with Crippen molar-refractivity contribution in [1.29, 1.82) is 0 Å². The molecule has 3 rings (SSSR count). The van der Waals surface area contributed by atoms with E-state index in [1.807, 2.05) is 11.5 Å². The highest BCUT2D eigenvalue weighted by atomic mass is 79.9. The number of thiazole rings is 1. The van der Waals surface area contributed by atoms with Crippen LogP contribution < -0.4 is 0 Å². The molecular weight excluding hydrogens is 415 g/mol. The van der Waals surface area contributed by atoms with Gasteiger partial charge < -0.3 is 5.11 Å². The summed E-state index contributed by atoms with van der Waals surface area (Å²) < 4.78 is 0.703. The Balaban J connectivity index is 2.17. The lowest BCUT2D eigenvalue weighted by molar-refractivity contribution is 0.271. The zero-order chi connectivity index (χ0) is 15.0. The molecule has 1 aromatic carbocycles. The van der Waals surface area contributed by atoms with Crippen LogP contribution in [0.5, 0.6) is 0 Å². The number of halogens is 3. The second kappa shape index (κ2) is 6.02. The van der Waals surface area contributed by atoms with Crippen molar-refractivity contribution < 1.29 is 5.11 Å². The highest BCUT2D eigenvalue weighted by Crippen LogP contribution is 2.70. The fourth-order valence-electron chi connectivity index (χ4n) is 2.02. The molecule has 8 heteroatoms. The summed E-state index contributed by atoms with van der Waals surface area (Å²) in [7, 11) is -1.89. The Bertz CT molecular complexity index is 736. The first-order valence-electron chi connectivity index (χ1n) is 5.79. The van der Waals surface area contributed by atoms with Crippen LogP contribution >= 0.6 is 60.5 Å². The SMILES string of the molecule is OC(c1cncs1)S1(c2ccc(Cl)c(Cl)c2)C=CN=C1Br. The number of benzene rings is 1. The van der Waals surface area contributed by atoms with Crippen LogP contribution in [0.25, 0.3) is 0 Å². The van der Waals surface area contributed by atoms with E-state index in [1.165, 1.54) is 11.3 Å². The zero-order valence-corrected chi connectivity index (χ0v) is 15.1. The molecule has 0 amide bonds. The fraction of sp³-hybridized carbons (Fsp3) is 0.0769. The number of hydrogen-bond donors (Lipinski definition) is 1. The fourth-order valence-corrected chi connectivity index (χ4v) is 7.59. The Hall–Kier alpha value is -0.370. The molecule has 1 aromatic heterocycles. The van der Waals surface area contributed by atoms with Crippen molar-refractivity contribution in [2.45, 2.75) is 10.3 Å². The average Bonchev–Trinajstić information content (AvgIpc) is 3.11. The monoisotopic (exact) mass is 422 g/mol. The topological polar surface area (TPSA) is 45.5 Å². The third-order valence-corrected chi connectivity index (χ3v) is 9.79. The van der Waals surface area contributed by atoms with Crippen LogP contribution in [-0.2, 0) is 0 Å². The molecule has 3 nitrogen and oxygen atoms in total. The van der Waals surface area contributed by atoms with E-state index in [-0.39, 0.29) is 0 Å². The predicted molar refractivity (Wildman–Crippen MR) is 94.9 cm³/mol. The van der Waals surface area contributed by atoms with Gasteiger partial charge in [0, 0.05) is 17.3 Å². The van der Waals surface area contributed by atoms with Gasteiger partial charge in [-0.1, -0.05) is 23.2 Å². The van der Waals surface area contributed by atoms with Crippen molar-refractivity contribution in [2.24, 2.45) is 4.99 Å². The Morgan fingerprint density at radius 2 is 2.10 bits per heavy atom. The van der Waals surface area contributed by atoms with Gasteiger partial charge in [-0.3, -0.25) is 4.98 Å². The Morgan fingerprint density at radius 1 is 1.29 bits per heavy atom. The van der Waals surface area contributed by atoms with Gasteiger partial charge in [-0.2, -0.15) is 0 Å². The van der Waals surface area contributed by atoms with E-state index < -0.39 is 15.5 Å². The van der Waals surface area contributed by atoms with Gasteiger partial charge in [0.15, 0.2) is 0 Å². The minimum atomic E-state index is -1.89. The van der Waals surface area contributed by atoms with Crippen LogP contribution in [0, 0.1) is 0 Å². The Morgan fingerprint density at radius 3 is 2.67 bits per heavy atom.